The number of nitrogens with zero attached hydrogens (tertiary/aromatic N) is 3. The van der Waals surface area contributed by atoms with Crippen LogP contribution in [0.25, 0.3) is 0 Å². The maximum atomic E-state index is 12.3. The highest BCUT2D eigenvalue weighted by Gasteiger charge is 2.37. The summed E-state index contributed by atoms with van der Waals surface area (Å²) >= 11 is 0. The number of carboxylic acid groups (broad SMARTS) is 1. The van der Waals surface area contributed by atoms with Gasteiger partial charge in [-0.15, -0.1) is 0 Å². The Hall–Kier alpha value is -1.61. The highest BCUT2D eigenvalue weighted by atomic mass is 32.2. The SMILES string of the molecule is Cc1nn(C)cc1NS(=O)(=O)N1CCCCC1C(=O)O. The average molecular weight is 302 g/mol. The molecular formula is C11H18N4O4S. The van der Waals surface area contributed by atoms with E-state index in [4.69, 9.17) is 5.11 Å². The molecule has 2 heterocycles. The molecule has 0 bridgehead atoms. The first kappa shape index (κ1) is 14.8. The highest BCUT2D eigenvalue weighted by molar-refractivity contribution is 7.90. The van der Waals surface area contributed by atoms with Crippen molar-refractivity contribution in [2.45, 2.75) is 32.2 Å². The van der Waals surface area contributed by atoms with E-state index in [2.05, 4.69) is 9.82 Å². The van der Waals surface area contributed by atoms with Gasteiger partial charge in [0.25, 0.3) is 0 Å². The van der Waals surface area contributed by atoms with Crippen molar-refractivity contribution in [1.82, 2.24) is 14.1 Å². The molecule has 1 aliphatic rings. The molecule has 2 rings (SSSR count). The molecule has 112 valence electrons. The highest BCUT2D eigenvalue weighted by Crippen LogP contribution is 2.23. The predicted octanol–water partition coefficient (Wildman–Crippen LogP) is 0.324. The molecule has 0 aromatic carbocycles. The molecule has 1 aromatic rings. The monoisotopic (exact) mass is 302 g/mol. The summed E-state index contributed by atoms with van der Waals surface area (Å²) in [5.74, 6) is -1.11. The molecule has 0 spiro atoms. The number of carboxylic acids is 1. The molecule has 2 N–H and O–H groups in total. The summed E-state index contributed by atoms with van der Waals surface area (Å²) in [5, 5.41) is 13.2. The molecule has 1 aromatic heterocycles. The first-order chi connectivity index (χ1) is 9.31. The Bertz CT molecular complexity index is 610. The van der Waals surface area contributed by atoms with Crippen LogP contribution in [-0.4, -0.2) is 46.2 Å². The Morgan fingerprint density at radius 1 is 1.50 bits per heavy atom. The average Bonchev–Trinajstić information content (AvgIpc) is 2.67. The van der Waals surface area contributed by atoms with Crippen molar-refractivity contribution in [3.63, 3.8) is 0 Å². The Labute approximate surface area is 117 Å². The lowest BCUT2D eigenvalue weighted by atomic mass is 10.1. The molecule has 0 amide bonds. The van der Waals surface area contributed by atoms with E-state index in [0.29, 0.717) is 24.2 Å². The summed E-state index contributed by atoms with van der Waals surface area (Å²) in [4.78, 5) is 11.2. The first-order valence-electron chi connectivity index (χ1n) is 6.34. The normalized spacial score (nSPS) is 20.8. The summed E-state index contributed by atoms with van der Waals surface area (Å²) in [5.41, 5.74) is 0.905. The van der Waals surface area contributed by atoms with Crippen LogP contribution in [0.2, 0.25) is 0 Å². The molecule has 9 heteroatoms. The number of hydrogen-bond donors (Lipinski definition) is 2. The molecule has 0 aliphatic carbocycles. The zero-order valence-corrected chi connectivity index (χ0v) is 12.2. The Balaban J connectivity index is 2.24. The van der Waals surface area contributed by atoms with Crippen molar-refractivity contribution in [2.75, 3.05) is 11.3 Å². The van der Waals surface area contributed by atoms with Crippen molar-refractivity contribution in [2.24, 2.45) is 7.05 Å². The van der Waals surface area contributed by atoms with Gasteiger partial charge in [-0.1, -0.05) is 0 Å². The zero-order chi connectivity index (χ0) is 14.9. The maximum absolute atomic E-state index is 12.3. The first-order valence-corrected chi connectivity index (χ1v) is 7.78. The van der Waals surface area contributed by atoms with Gasteiger partial charge in [0, 0.05) is 19.8 Å². The maximum Gasteiger partial charge on any atom is 0.322 e. The van der Waals surface area contributed by atoms with Crippen LogP contribution < -0.4 is 4.72 Å². The fraction of sp³-hybridized carbons (Fsp3) is 0.636. The summed E-state index contributed by atoms with van der Waals surface area (Å²) in [6.45, 7) is 1.90. The Morgan fingerprint density at radius 2 is 2.20 bits per heavy atom. The topological polar surface area (TPSA) is 105 Å². The van der Waals surface area contributed by atoms with Crippen LogP contribution in [0, 0.1) is 6.92 Å². The van der Waals surface area contributed by atoms with E-state index >= 15 is 0 Å². The van der Waals surface area contributed by atoms with E-state index in [9.17, 15) is 13.2 Å². The third-order valence-electron chi connectivity index (χ3n) is 3.30. The molecule has 1 atom stereocenters. The van der Waals surface area contributed by atoms with Gasteiger partial charge in [-0.25, -0.2) is 0 Å². The summed E-state index contributed by atoms with van der Waals surface area (Å²) in [6, 6.07) is -1.00. The number of piperidine rings is 1. The van der Waals surface area contributed by atoms with Crippen LogP contribution in [0.15, 0.2) is 6.20 Å². The minimum Gasteiger partial charge on any atom is -0.480 e. The van der Waals surface area contributed by atoms with Crippen LogP contribution in [0.3, 0.4) is 0 Å². The third kappa shape index (κ3) is 2.93. The van der Waals surface area contributed by atoms with Crippen molar-refractivity contribution in [3.8, 4) is 0 Å². The summed E-state index contributed by atoms with van der Waals surface area (Å²) in [6.07, 6.45) is 3.26. The minimum absolute atomic E-state index is 0.214. The Kier molecular flexibility index (Phi) is 4.00. The molecule has 1 aliphatic heterocycles. The van der Waals surface area contributed by atoms with Gasteiger partial charge in [-0.05, 0) is 26.2 Å². The standard InChI is InChI=1S/C11H18N4O4S/c1-8-9(7-14(2)12-8)13-20(18,19)15-6-4-3-5-10(15)11(16)17/h7,10,13H,3-6H2,1-2H3,(H,16,17). The molecule has 0 saturated carbocycles. The number of aryl methyl sites for hydroxylation is 2. The lowest BCUT2D eigenvalue weighted by Crippen LogP contribution is -2.49. The number of aliphatic carboxylic acids is 1. The van der Waals surface area contributed by atoms with E-state index in [1.165, 1.54) is 4.68 Å². The van der Waals surface area contributed by atoms with Crippen LogP contribution >= 0.6 is 0 Å². The van der Waals surface area contributed by atoms with Crippen molar-refractivity contribution in [1.29, 1.82) is 0 Å². The van der Waals surface area contributed by atoms with Crippen LogP contribution in [0.4, 0.5) is 5.69 Å². The second kappa shape index (κ2) is 5.41. The van der Waals surface area contributed by atoms with E-state index < -0.39 is 22.2 Å². The number of nitrogens with one attached hydrogen (secondary N) is 1. The smallest absolute Gasteiger partial charge is 0.322 e. The third-order valence-corrected chi connectivity index (χ3v) is 4.83. The van der Waals surface area contributed by atoms with Gasteiger partial charge in [0.2, 0.25) is 0 Å². The van der Waals surface area contributed by atoms with Gasteiger partial charge in [0.1, 0.15) is 6.04 Å². The molecule has 20 heavy (non-hydrogen) atoms. The fourth-order valence-electron chi connectivity index (χ4n) is 2.34. The summed E-state index contributed by atoms with van der Waals surface area (Å²) < 4.78 is 29.6. The van der Waals surface area contributed by atoms with Gasteiger partial charge < -0.3 is 5.11 Å². The second-order valence-electron chi connectivity index (χ2n) is 4.87. The second-order valence-corrected chi connectivity index (χ2v) is 6.49. The van der Waals surface area contributed by atoms with E-state index in [1.54, 1.807) is 20.2 Å². The van der Waals surface area contributed by atoms with Crippen molar-refractivity contribution < 1.29 is 18.3 Å². The van der Waals surface area contributed by atoms with E-state index in [1.807, 2.05) is 0 Å². The number of anilines is 1. The summed E-state index contributed by atoms with van der Waals surface area (Å²) in [7, 11) is -2.20. The van der Waals surface area contributed by atoms with Crippen LogP contribution in [-0.2, 0) is 22.1 Å². The molecule has 8 nitrogen and oxygen atoms in total. The predicted molar refractivity (Wildman–Crippen MR) is 72.5 cm³/mol. The van der Waals surface area contributed by atoms with E-state index in [-0.39, 0.29) is 6.54 Å². The van der Waals surface area contributed by atoms with Crippen LogP contribution in [0.1, 0.15) is 25.0 Å². The molecular weight excluding hydrogens is 284 g/mol. The van der Waals surface area contributed by atoms with Crippen LogP contribution in [0.5, 0.6) is 0 Å². The van der Waals surface area contributed by atoms with Crippen molar-refractivity contribution >= 4 is 21.9 Å². The minimum atomic E-state index is -3.89. The van der Waals surface area contributed by atoms with Gasteiger partial charge >= 0.3 is 16.2 Å². The van der Waals surface area contributed by atoms with Gasteiger partial charge in [0.05, 0.1) is 11.4 Å². The van der Waals surface area contributed by atoms with Gasteiger partial charge in [0.15, 0.2) is 0 Å². The molecule has 0 radical (unpaired) electrons. The van der Waals surface area contributed by atoms with E-state index in [0.717, 1.165) is 10.7 Å². The largest absolute Gasteiger partial charge is 0.480 e. The molecule has 1 saturated heterocycles. The molecule has 1 fully saturated rings. The lowest BCUT2D eigenvalue weighted by Gasteiger charge is -2.31. The number of rotatable bonds is 4. The number of carbonyl (C=O) groups is 1. The van der Waals surface area contributed by atoms with Gasteiger partial charge in [-0.3, -0.25) is 14.2 Å². The molecule has 1 unspecified atom stereocenters. The fourth-order valence-corrected chi connectivity index (χ4v) is 3.83. The number of aromatic nitrogens is 2. The number of hydrogen-bond acceptors (Lipinski definition) is 4. The lowest BCUT2D eigenvalue weighted by molar-refractivity contribution is -0.142. The van der Waals surface area contributed by atoms with Gasteiger partial charge in [-0.2, -0.15) is 17.8 Å². The zero-order valence-electron chi connectivity index (χ0n) is 11.4. The quantitative estimate of drug-likeness (QED) is 0.833. The Morgan fingerprint density at radius 3 is 2.75 bits per heavy atom. The van der Waals surface area contributed by atoms with Crippen molar-refractivity contribution in [3.05, 3.63) is 11.9 Å².